The summed E-state index contributed by atoms with van der Waals surface area (Å²) in [4.78, 5) is 19.0. The first-order valence-electron chi connectivity index (χ1n) is 9.29. The molecule has 0 spiro atoms. The van der Waals surface area contributed by atoms with Gasteiger partial charge in [0.2, 0.25) is 0 Å². The third-order valence-electron chi connectivity index (χ3n) is 4.72. The molecule has 1 heterocycles. The van der Waals surface area contributed by atoms with Crippen LogP contribution in [0.5, 0.6) is 5.75 Å². The molecule has 0 fully saturated rings. The number of hydrogen-bond acceptors (Lipinski definition) is 5. The molecule has 0 radical (unpaired) electrons. The fraction of sp³-hybridized carbons (Fsp3) is 0.0435. The van der Waals surface area contributed by atoms with Crippen molar-refractivity contribution < 1.29 is 22.5 Å². The molecule has 1 amide bonds. The lowest BCUT2D eigenvalue weighted by atomic mass is 10.1. The average molecular weight is 434 g/mol. The highest BCUT2D eigenvalue weighted by Gasteiger charge is 2.32. The van der Waals surface area contributed by atoms with Crippen LogP contribution in [0.15, 0.2) is 94.4 Å². The van der Waals surface area contributed by atoms with Crippen molar-refractivity contribution in [1.29, 1.82) is 0 Å². The van der Waals surface area contributed by atoms with Crippen LogP contribution in [0.4, 0.5) is 5.69 Å². The molecule has 3 aromatic rings. The lowest BCUT2D eigenvalue weighted by Gasteiger charge is -2.18. The summed E-state index contributed by atoms with van der Waals surface area (Å²) in [7, 11) is -2.79. The molecule has 0 bridgehead atoms. The number of rotatable bonds is 5. The molecule has 0 atom stereocenters. The summed E-state index contributed by atoms with van der Waals surface area (Å²) in [5.41, 5.74) is 2.05. The second kappa shape index (κ2) is 8.17. The van der Waals surface area contributed by atoms with E-state index in [4.69, 9.17) is 4.74 Å². The van der Waals surface area contributed by atoms with Gasteiger partial charge < -0.3 is 4.74 Å². The number of methoxy groups -OCH3 is 1. The molecule has 31 heavy (non-hydrogen) atoms. The third kappa shape index (κ3) is 4.11. The Morgan fingerprint density at radius 1 is 0.935 bits per heavy atom. The normalized spacial score (nSPS) is 15.3. The zero-order valence-electron chi connectivity index (χ0n) is 16.5. The van der Waals surface area contributed by atoms with Gasteiger partial charge in [-0.25, -0.2) is 4.99 Å². The molecule has 7 nitrogen and oxygen atoms in total. The number of benzene rings is 3. The Bertz CT molecular complexity index is 1300. The van der Waals surface area contributed by atoms with E-state index in [1.54, 1.807) is 19.3 Å². The number of aliphatic imine (C=N–C) groups is 1. The maximum atomic E-state index is 13.3. The molecule has 4 rings (SSSR count). The lowest BCUT2D eigenvalue weighted by Crippen LogP contribution is -2.32. The van der Waals surface area contributed by atoms with E-state index in [1.165, 1.54) is 29.2 Å². The van der Waals surface area contributed by atoms with Crippen molar-refractivity contribution in [2.24, 2.45) is 4.99 Å². The van der Waals surface area contributed by atoms with Crippen LogP contribution in [0, 0.1) is 0 Å². The maximum absolute atomic E-state index is 13.3. The Morgan fingerprint density at radius 3 is 2.23 bits per heavy atom. The molecule has 8 heteroatoms. The fourth-order valence-corrected chi connectivity index (χ4v) is 3.72. The second-order valence-electron chi connectivity index (χ2n) is 6.68. The van der Waals surface area contributed by atoms with Gasteiger partial charge >= 0.3 is 0 Å². The predicted octanol–water partition coefficient (Wildman–Crippen LogP) is 3.78. The van der Waals surface area contributed by atoms with Crippen LogP contribution in [-0.4, -0.2) is 31.8 Å². The van der Waals surface area contributed by atoms with Gasteiger partial charge in [0, 0.05) is 11.1 Å². The van der Waals surface area contributed by atoms with Gasteiger partial charge in [0.1, 0.15) is 17.3 Å². The highest BCUT2D eigenvalue weighted by atomic mass is 32.2. The fourth-order valence-electron chi connectivity index (χ4n) is 3.24. The summed E-state index contributed by atoms with van der Waals surface area (Å²) in [6, 6.07) is 21.9. The van der Waals surface area contributed by atoms with Crippen molar-refractivity contribution in [2.75, 3.05) is 12.0 Å². The quantitative estimate of drug-likeness (QED) is 0.487. The van der Waals surface area contributed by atoms with Crippen molar-refractivity contribution in [2.45, 2.75) is 4.90 Å². The topological polar surface area (TPSA) is 96.3 Å². The smallest absolute Gasteiger partial charge is 0.294 e. The molecule has 0 aromatic heterocycles. The van der Waals surface area contributed by atoms with E-state index >= 15 is 0 Å². The summed E-state index contributed by atoms with van der Waals surface area (Å²) < 4.78 is 37.3. The Morgan fingerprint density at radius 2 is 1.58 bits per heavy atom. The summed E-state index contributed by atoms with van der Waals surface area (Å²) in [5.74, 6) is 0.644. The van der Waals surface area contributed by atoms with Gasteiger partial charge in [-0.05, 0) is 36.4 Å². The number of anilines is 1. The number of hydrogen-bond donors (Lipinski definition) is 1. The SMILES string of the molecule is COc1ccccc1C=C1N=C(c2ccccc2)N(c2ccc(S(=O)(=O)O)cc2)C1=O. The minimum atomic E-state index is -4.34. The van der Waals surface area contributed by atoms with E-state index < -0.39 is 10.1 Å². The number of amides is 1. The number of ether oxygens (including phenoxy) is 1. The van der Waals surface area contributed by atoms with E-state index in [1.807, 2.05) is 48.5 Å². The summed E-state index contributed by atoms with van der Waals surface area (Å²) in [6.07, 6.45) is 1.65. The Balaban J connectivity index is 1.82. The first-order valence-corrected chi connectivity index (χ1v) is 10.7. The van der Waals surface area contributed by atoms with Gasteiger partial charge in [-0.3, -0.25) is 14.2 Å². The van der Waals surface area contributed by atoms with Gasteiger partial charge in [-0.1, -0.05) is 48.5 Å². The predicted molar refractivity (Wildman–Crippen MR) is 118 cm³/mol. The molecule has 1 N–H and O–H groups in total. The maximum Gasteiger partial charge on any atom is 0.294 e. The van der Waals surface area contributed by atoms with E-state index in [0.717, 1.165) is 5.56 Å². The third-order valence-corrected chi connectivity index (χ3v) is 5.58. The monoisotopic (exact) mass is 434 g/mol. The van der Waals surface area contributed by atoms with Gasteiger partial charge in [0.15, 0.2) is 0 Å². The zero-order valence-corrected chi connectivity index (χ0v) is 17.3. The molecule has 0 unspecified atom stereocenters. The van der Waals surface area contributed by atoms with Crippen LogP contribution in [0.2, 0.25) is 0 Å². The molecular formula is C23H18N2O5S. The van der Waals surface area contributed by atoms with E-state index in [2.05, 4.69) is 4.99 Å². The zero-order chi connectivity index (χ0) is 22.0. The van der Waals surface area contributed by atoms with Crippen molar-refractivity contribution >= 4 is 33.6 Å². The Labute approximate surface area is 179 Å². The van der Waals surface area contributed by atoms with E-state index in [-0.39, 0.29) is 16.5 Å². The molecule has 0 saturated carbocycles. The molecule has 1 aliphatic heterocycles. The van der Waals surface area contributed by atoms with Crippen molar-refractivity contribution in [3.05, 3.63) is 95.7 Å². The van der Waals surface area contributed by atoms with Gasteiger partial charge in [-0.2, -0.15) is 8.42 Å². The first kappa shape index (κ1) is 20.5. The van der Waals surface area contributed by atoms with E-state index in [9.17, 15) is 17.8 Å². The van der Waals surface area contributed by atoms with Crippen molar-refractivity contribution in [3.8, 4) is 5.75 Å². The van der Waals surface area contributed by atoms with Crippen LogP contribution in [-0.2, 0) is 14.9 Å². The summed E-state index contributed by atoms with van der Waals surface area (Å²) in [6.45, 7) is 0. The molecule has 0 aliphatic carbocycles. The number of para-hydroxylation sites is 1. The summed E-state index contributed by atoms with van der Waals surface area (Å²) >= 11 is 0. The highest BCUT2D eigenvalue weighted by Crippen LogP contribution is 2.30. The number of carbonyl (C=O) groups is 1. The highest BCUT2D eigenvalue weighted by molar-refractivity contribution is 7.85. The minimum Gasteiger partial charge on any atom is -0.496 e. The van der Waals surface area contributed by atoms with Crippen LogP contribution in [0.25, 0.3) is 6.08 Å². The van der Waals surface area contributed by atoms with Crippen LogP contribution >= 0.6 is 0 Å². The lowest BCUT2D eigenvalue weighted by molar-refractivity contribution is -0.113. The van der Waals surface area contributed by atoms with Gasteiger partial charge in [0.05, 0.1) is 17.7 Å². The van der Waals surface area contributed by atoms with Crippen molar-refractivity contribution in [1.82, 2.24) is 0 Å². The van der Waals surface area contributed by atoms with Crippen LogP contribution in [0.3, 0.4) is 0 Å². The van der Waals surface area contributed by atoms with E-state index in [0.29, 0.717) is 22.8 Å². The number of carbonyl (C=O) groups excluding carboxylic acids is 1. The van der Waals surface area contributed by atoms with Crippen LogP contribution in [0.1, 0.15) is 11.1 Å². The van der Waals surface area contributed by atoms with Gasteiger partial charge in [-0.15, -0.1) is 0 Å². The summed E-state index contributed by atoms with van der Waals surface area (Å²) in [5, 5.41) is 0. The number of nitrogens with zero attached hydrogens (tertiary/aromatic N) is 2. The molecule has 3 aromatic carbocycles. The molecule has 0 saturated heterocycles. The van der Waals surface area contributed by atoms with Crippen molar-refractivity contribution in [3.63, 3.8) is 0 Å². The number of amidine groups is 1. The Hall–Kier alpha value is -3.75. The minimum absolute atomic E-state index is 0.210. The standard InChI is InChI=1S/C23H18N2O5S/c1-30-21-10-6-5-9-17(21)15-20-23(26)25(22(24-20)16-7-3-2-4-8-16)18-11-13-19(14-12-18)31(27,28)29/h2-15H,1H3,(H,27,28,29). The van der Waals surface area contributed by atoms with Crippen LogP contribution < -0.4 is 9.64 Å². The Kier molecular flexibility index (Phi) is 5.41. The molecule has 156 valence electrons. The average Bonchev–Trinajstić information content (AvgIpc) is 3.10. The molecule has 1 aliphatic rings. The molecular weight excluding hydrogens is 416 g/mol. The second-order valence-corrected chi connectivity index (χ2v) is 8.10. The first-order chi connectivity index (χ1) is 14.9. The largest absolute Gasteiger partial charge is 0.496 e. The van der Waals surface area contributed by atoms with Gasteiger partial charge in [0.25, 0.3) is 16.0 Å².